The second-order valence-corrected chi connectivity index (χ2v) is 14.6. The van der Waals surface area contributed by atoms with E-state index in [1.54, 1.807) is 0 Å². The van der Waals surface area contributed by atoms with E-state index in [2.05, 4.69) is 154 Å². The van der Waals surface area contributed by atoms with Gasteiger partial charge in [-0.1, -0.05) is 141 Å². The van der Waals surface area contributed by atoms with Crippen molar-refractivity contribution in [2.45, 2.75) is 112 Å². The zero-order valence-electron chi connectivity index (χ0n) is 28.3. The Hall–Kier alpha value is -2.72. The Kier molecular flexibility index (Phi) is 11.3. The van der Waals surface area contributed by atoms with E-state index < -0.39 is 0 Å². The van der Waals surface area contributed by atoms with Crippen molar-refractivity contribution in [1.29, 1.82) is 0 Å². The largest absolute Gasteiger partial charge is 0.393 e. The van der Waals surface area contributed by atoms with Crippen LogP contribution in [-0.4, -0.2) is 33.6 Å². The van der Waals surface area contributed by atoms with Gasteiger partial charge in [-0.05, 0) is 65.9 Å². The van der Waals surface area contributed by atoms with Crippen LogP contribution in [0, 0.1) is 16.7 Å². The Morgan fingerprint density at radius 2 is 1.23 bits per heavy atom. The lowest BCUT2D eigenvalue weighted by Crippen LogP contribution is -2.46. The maximum atomic E-state index is 10.2. The van der Waals surface area contributed by atoms with Gasteiger partial charge in [0.25, 0.3) is 0 Å². The highest BCUT2D eigenvalue weighted by Crippen LogP contribution is 2.66. The highest BCUT2D eigenvalue weighted by Gasteiger charge is 2.74. The molecule has 0 bridgehead atoms. The lowest BCUT2D eigenvalue weighted by atomic mass is 9.63. The maximum absolute atomic E-state index is 10.2. The van der Waals surface area contributed by atoms with Gasteiger partial charge in [-0.2, -0.15) is 0 Å². The van der Waals surface area contributed by atoms with Crippen molar-refractivity contribution in [3.63, 3.8) is 0 Å². The summed E-state index contributed by atoms with van der Waals surface area (Å²) in [5.41, 5.74) is 5.38. The molecule has 0 amide bonds. The summed E-state index contributed by atoms with van der Waals surface area (Å²) in [7, 11) is 0. The van der Waals surface area contributed by atoms with E-state index in [0.29, 0.717) is 12.3 Å². The Labute approximate surface area is 262 Å². The molecule has 2 aliphatic carbocycles. The van der Waals surface area contributed by atoms with E-state index in [-0.39, 0.29) is 34.2 Å². The summed E-state index contributed by atoms with van der Waals surface area (Å²) in [5.74, 6) is 0.345. The molecule has 2 N–H and O–H groups in total. The van der Waals surface area contributed by atoms with Gasteiger partial charge < -0.3 is 14.9 Å². The molecule has 3 rings (SSSR count). The van der Waals surface area contributed by atoms with Crippen molar-refractivity contribution < 1.29 is 14.9 Å². The van der Waals surface area contributed by atoms with Crippen LogP contribution >= 0.6 is 0 Å². The van der Waals surface area contributed by atoms with Crippen molar-refractivity contribution in [3.05, 3.63) is 119 Å². The summed E-state index contributed by atoms with van der Waals surface area (Å²) >= 11 is 0. The van der Waals surface area contributed by atoms with Crippen LogP contribution < -0.4 is 0 Å². The fourth-order valence-electron chi connectivity index (χ4n) is 7.07. The molecule has 0 unspecified atom stereocenters. The van der Waals surface area contributed by atoms with Crippen molar-refractivity contribution in [2.75, 3.05) is 0 Å². The summed E-state index contributed by atoms with van der Waals surface area (Å²) in [6.45, 7) is 21.5. The third kappa shape index (κ3) is 8.91. The number of allylic oxidation sites excluding steroid dienone is 18. The van der Waals surface area contributed by atoms with Crippen LogP contribution in [0.4, 0.5) is 0 Å². The molecule has 1 saturated carbocycles. The Morgan fingerprint density at radius 1 is 0.721 bits per heavy atom. The predicted molar refractivity (Wildman–Crippen MR) is 184 cm³/mol. The van der Waals surface area contributed by atoms with E-state index in [1.807, 2.05) is 6.08 Å². The average Bonchev–Trinajstić information content (AvgIpc) is 3.49. The third-order valence-corrected chi connectivity index (χ3v) is 9.43. The van der Waals surface area contributed by atoms with E-state index in [9.17, 15) is 10.2 Å². The Bertz CT molecular complexity index is 1320. The first kappa shape index (κ1) is 34.8. The zero-order chi connectivity index (χ0) is 32.1. The molecule has 1 heterocycles. The molecule has 0 spiro atoms. The minimum absolute atomic E-state index is 0.0547. The van der Waals surface area contributed by atoms with Gasteiger partial charge in [0, 0.05) is 17.8 Å². The molecule has 5 atom stereocenters. The summed E-state index contributed by atoms with van der Waals surface area (Å²) < 4.78 is 6.25. The van der Waals surface area contributed by atoms with Gasteiger partial charge in [-0.15, -0.1) is 0 Å². The number of ether oxygens (including phenoxy) is 1. The molecule has 43 heavy (non-hydrogen) atoms. The van der Waals surface area contributed by atoms with Gasteiger partial charge in [0.2, 0.25) is 0 Å². The fourth-order valence-corrected chi connectivity index (χ4v) is 7.07. The van der Waals surface area contributed by atoms with Gasteiger partial charge >= 0.3 is 0 Å². The number of rotatable bonds is 10. The van der Waals surface area contributed by atoms with Crippen molar-refractivity contribution >= 4 is 0 Å². The molecule has 3 aliphatic rings. The molecule has 234 valence electrons. The molecule has 1 saturated heterocycles. The third-order valence-electron chi connectivity index (χ3n) is 9.43. The average molecular weight is 585 g/mol. The van der Waals surface area contributed by atoms with Crippen LogP contribution in [0.5, 0.6) is 0 Å². The standard InChI is InChI=1S/C40H56O3/c1-29(17-13-19-31(3)21-22-36-33(5)25-34(41)26-37(36,6)7)15-11-12-16-30(2)18-14-20-32(4)23-24-40-38(8,9)27-35(42)28-39(40,10)43-40/h11-25,34-36,41-42H,26-28H2,1-10H3/b12-11+,17-13+,18-14+,22-21+,24-23+,29-15+,30-16-,31-19-,32-20+/t34-,35+,36-,39+,40-/m1/s1. The van der Waals surface area contributed by atoms with Gasteiger partial charge in [-0.25, -0.2) is 0 Å². The zero-order valence-corrected chi connectivity index (χ0v) is 28.3. The SMILES string of the molecule is CC1=C[C@@H](O)CC(C)(C)[C@@H]1/C=C/C(C)=C\C=C\C(C)=C\C=C\C=C(C)/C=C/C=C(C)/C=C/[C@]12O[C@@]1(C)C[C@@H](O)CC2(C)C. The number of fused-ring (bicyclic) bond motifs is 1. The predicted octanol–water partition coefficient (Wildman–Crippen LogP) is 9.61. The normalized spacial score (nSPS) is 33.8. The molecule has 0 aromatic heterocycles. The number of aliphatic hydroxyl groups is 2. The fraction of sp³-hybridized carbons (Fsp3) is 0.500. The molecular weight excluding hydrogens is 528 g/mol. The second-order valence-electron chi connectivity index (χ2n) is 14.6. The van der Waals surface area contributed by atoms with E-state index >= 15 is 0 Å². The van der Waals surface area contributed by atoms with Gasteiger partial charge in [0.15, 0.2) is 0 Å². The van der Waals surface area contributed by atoms with Gasteiger partial charge in [0.05, 0.1) is 12.2 Å². The van der Waals surface area contributed by atoms with Crippen molar-refractivity contribution in [1.82, 2.24) is 0 Å². The minimum atomic E-state index is -0.333. The maximum Gasteiger partial charge on any atom is 0.121 e. The molecular formula is C40H56O3. The summed E-state index contributed by atoms with van der Waals surface area (Å²) in [5, 5.41) is 20.3. The lowest BCUT2D eigenvalue weighted by Gasteiger charge is -2.39. The number of epoxide rings is 1. The van der Waals surface area contributed by atoms with Crippen LogP contribution in [0.25, 0.3) is 0 Å². The van der Waals surface area contributed by atoms with Crippen LogP contribution in [-0.2, 0) is 4.74 Å². The molecule has 0 radical (unpaired) electrons. The minimum Gasteiger partial charge on any atom is -0.393 e. The number of hydrogen-bond donors (Lipinski definition) is 2. The summed E-state index contributed by atoms with van der Waals surface area (Å²) in [6, 6.07) is 0. The lowest BCUT2D eigenvalue weighted by molar-refractivity contribution is 0.0515. The van der Waals surface area contributed by atoms with Crippen LogP contribution in [0.2, 0.25) is 0 Å². The van der Waals surface area contributed by atoms with Crippen molar-refractivity contribution in [3.8, 4) is 0 Å². The number of hydrogen-bond acceptors (Lipinski definition) is 3. The monoisotopic (exact) mass is 584 g/mol. The molecule has 0 aromatic rings. The molecule has 0 aromatic carbocycles. The van der Waals surface area contributed by atoms with E-state index in [4.69, 9.17) is 4.74 Å². The van der Waals surface area contributed by atoms with Gasteiger partial charge in [0.1, 0.15) is 11.2 Å². The van der Waals surface area contributed by atoms with Crippen molar-refractivity contribution in [2.24, 2.45) is 16.7 Å². The molecule has 2 fully saturated rings. The molecule has 3 nitrogen and oxygen atoms in total. The second kappa shape index (κ2) is 13.9. The first-order chi connectivity index (χ1) is 20.0. The smallest absolute Gasteiger partial charge is 0.121 e. The molecule has 1 aliphatic heterocycles. The Morgan fingerprint density at radius 3 is 1.77 bits per heavy atom. The molecule has 3 heteroatoms. The first-order valence-electron chi connectivity index (χ1n) is 15.8. The topological polar surface area (TPSA) is 53.0 Å². The Balaban J connectivity index is 1.49. The van der Waals surface area contributed by atoms with E-state index in [1.165, 1.54) is 27.9 Å². The number of aliphatic hydroxyl groups excluding tert-OH is 2. The van der Waals surface area contributed by atoms with E-state index in [0.717, 1.165) is 12.8 Å². The van der Waals surface area contributed by atoms with Crippen LogP contribution in [0.15, 0.2) is 119 Å². The quantitative estimate of drug-likeness (QED) is 0.153. The van der Waals surface area contributed by atoms with Crippen LogP contribution in [0.1, 0.15) is 88.5 Å². The summed E-state index contributed by atoms with van der Waals surface area (Å²) in [4.78, 5) is 0. The first-order valence-corrected chi connectivity index (χ1v) is 15.8. The summed E-state index contributed by atoms with van der Waals surface area (Å²) in [6.07, 6.45) is 33.5. The highest BCUT2D eigenvalue weighted by molar-refractivity contribution is 5.37. The van der Waals surface area contributed by atoms with Gasteiger partial charge in [-0.3, -0.25) is 0 Å². The highest BCUT2D eigenvalue weighted by atomic mass is 16.6. The van der Waals surface area contributed by atoms with Crippen LogP contribution in [0.3, 0.4) is 0 Å².